The Morgan fingerprint density at radius 2 is 1.68 bits per heavy atom. The Kier molecular flexibility index (Phi) is 6.07. The Morgan fingerprint density at radius 3 is 2.21 bits per heavy atom. The van der Waals surface area contributed by atoms with Crippen LogP contribution in [0, 0.1) is 0 Å². The quantitative estimate of drug-likeness (QED) is 0.817. The fourth-order valence-electron chi connectivity index (χ4n) is 3.56. The molecule has 2 saturated heterocycles. The van der Waals surface area contributed by atoms with Gasteiger partial charge in [0.1, 0.15) is 0 Å². The van der Waals surface area contributed by atoms with Gasteiger partial charge in [0.2, 0.25) is 0 Å². The van der Waals surface area contributed by atoms with Crippen molar-refractivity contribution in [1.29, 1.82) is 0 Å². The van der Waals surface area contributed by atoms with Gasteiger partial charge in [-0.05, 0) is 52.6 Å². The van der Waals surface area contributed by atoms with E-state index in [0.717, 1.165) is 32.3 Å². The molecular weight excluding hydrogens is 238 g/mol. The summed E-state index contributed by atoms with van der Waals surface area (Å²) >= 11 is 0. The van der Waals surface area contributed by atoms with Gasteiger partial charge in [0, 0.05) is 44.4 Å². The molecule has 2 fully saturated rings. The van der Waals surface area contributed by atoms with Crippen LogP contribution in [0.1, 0.15) is 39.5 Å². The minimum absolute atomic E-state index is 0.687. The summed E-state index contributed by atoms with van der Waals surface area (Å²) in [5.74, 6) is 0. The molecule has 0 saturated carbocycles. The maximum atomic E-state index is 5.83. The highest BCUT2D eigenvalue weighted by Crippen LogP contribution is 2.24. The van der Waals surface area contributed by atoms with E-state index in [1.165, 1.54) is 38.8 Å². The van der Waals surface area contributed by atoms with E-state index in [-0.39, 0.29) is 0 Å². The van der Waals surface area contributed by atoms with Gasteiger partial charge in [0.05, 0.1) is 0 Å². The van der Waals surface area contributed by atoms with Gasteiger partial charge in [0.25, 0.3) is 0 Å². The maximum Gasteiger partial charge on any atom is 0.0480 e. The standard InChI is InChI=1S/C15H31N3O/c1-13(2)17-8-3-14(4-9-17)18(10-7-16)15-5-11-19-12-6-15/h13-15H,3-12,16H2,1-2H3. The van der Waals surface area contributed by atoms with Crippen molar-refractivity contribution >= 4 is 0 Å². The van der Waals surface area contributed by atoms with Gasteiger partial charge in [-0.25, -0.2) is 0 Å². The highest BCUT2D eigenvalue weighted by molar-refractivity contribution is 4.86. The Morgan fingerprint density at radius 1 is 1.11 bits per heavy atom. The minimum atomic E-state index is 0.687. The average molecular weight is 269 g/mol. The molecule has 0 spiro atoms. The summed E-state index contributed by atoms with van der Waals surface area (Å²) in [4.78, 5) is 5.29. The highest BCUT2D eigenvalue weighted by atomic mass is 16.5. The van der Waals surface area contributed by atoms with Crippen molar-refractivity contribution < 1.29 is 4.74 Å². The molecule has 0 aromatic heterocycles. The molecule has 0 aromatic rings. The highest BCUT2D eigenvalue weighted by Gasteiger charge is 2.30. The van der Waals surface area contributed by atoms with E-state index in [0.29, 0.717) is 12.1 Å². The Labute approximate surface area is 118 Å². The summed E-state index contributed by atoms with van der Waals surface area (Å²) in [5, 5.41) is 0. The second-order valence-corrected chi connectivity index (χ2v) is 6.23. The number of nitrogens with zero attached hydrogens (tertiary/aromatic N) is 2. The lowest BCUT2D eigenvalue weighted by molar-refractivity contribution is 0.000910. The second kappa shape index (κ2) is 7.58. The molecule has 0 aliphatic carbocycles. The van der Waals surface area contributed by atoms with Gasteiger partial charge in [0.15, 0.2) is 0 Å². The molecule has 112 valence electrons. The molecule has 2 aliphatic rings. The van der Waals surface area contributed by atoms with Crippen LogP contribution in [0.15, 0.2) is 0 Å². The van der Waals surface area contributed by atoms with Crippen LogP contribution in [-0.4, -0.2) is 67.3 Å². The van der Waals surface area contributed by atoms with E-state index in [1.807, 2.05) is 0 Å². The van der Waals surface area contributed by atoms with Crippen LogP contribution < -0.4 is 5.73 Å². The minimum Gasteiger partial charge on any atom is -0.381 e. The van der Waals surface area contributed by atoms with Gasteiger partial charge in [-0.2, -0.15) is 0 Å². The predicted octanol–water partition coefficient (Wildman–Crippen LogP) is 1.30. The van der Waals surface area contributed by atoms with Gasteiger partial charge >= 0.3 is 0 Å². The molecule has 2 rings (SSSR count). The Bertz CT molecular complexity index is 246. The van der Waals surface area contributed by atoms with Crippen molar-refractivity contribution in [3.63, 3.8) is 0 Å². The van der Waals surface area contributed by atoms with E-state index in [4.69, 9.17) is 10.5 Å². The number of rotatable bonds is 5. The lowest BCUT2D eigenvalue weighted by Crippen LogP contribution is -2.52. The van der Waals surface area contributed by atoms with E-state index in [2.05, 4.69) is 23.6 Å². The summed E-state index contributed by atoms with van der Waals surface area (Å²) in [5.41, 5.74) is 5.83. The Hall–Kier alpha value is -0.160. The number of hydrogen-bond acceptors (Lipinski definition) is 4. The van der Waals surface area contributed by atoms with Crippen molar-refractivity contribution in [3.8, 4) is 0 Å². The average Bonchev–Trinajstić information content (AvgIpc) is 2.46. The molecule has 0 bridgehead atoms. The fraction of sp³-hybridized carbons (Fsp3) is 1.00. The fourth-order valence-corrected chi connectivity index (χ4v) is 3.56. The number of likely N-dealkylation sites (tertiary alicyclic amines) is 1. The lowest BCUT2D eigenvalue weighted by atomic mass is 9.97. The smallest absolute Gasteiger partial charge is 0.0480 e. The first-order valence-corrected chi connectivity index (χ1v) is 8.00. The van der Waals surface area contributed by atoms with E-state index < -0.39 is 0 Å². The summed E-state index contributed by atoms with van der Waals surface area (Å²) in [7, 11) is 0. The van der Waals surface area contributed by atoms with Crippen LogP contribution in [0.2, 0.25) is 0 Å². The molecule has 4 heteroatoms. The lowest BCUT2D eigenvalue weighted by Gasteiger charge is -2.44. The number of ether oxygens (including phenoxy) is 1. The third-order valence-corrected chi connectivity index (χ3v) is 4.75. The Balaban J connectivity index is 1.88. The summed E-state index contributed by atoms with van der Waals surface area (Å²) in [6.45, 7) is 10.8. The summed E-state index contributed by atoms with van der Waals surface area (Å²) in [6.07, 6.45) is 4.97. The van der Waals surface area contributed by atoms with Gasteiger partial charge in [-0.3, -0.25) is 4.90 Å². The SMILES string of the molecule is CC(C)N1CCC(N(CCN)C2CCOCC2)CC1. The molecule has 0 radical (unpaired) electrons. The molecule has 0 aromatic carbocycles. The van der Waals surface area contributed by atoms with Gasteiger partial charge in [-0.1, -0.05) is 0 Å². The van der Waals surface area contributed by atoms with E-state index in [9.17, 15) is 0 Å². The van der Waals surface area contributed by atoms with Crippen molar-refractivity contribution in [2.75, 3.05) is 39.4 Å². The largest absolute Gasteiger partial charge is 0.381 e. The van der Waals surface area contributed by atoms with Crippen molar-refractivity contribution in [2.24, 2.45) is 5.73 Å². The molecular formula is C15H31N3O. The van der Waals surface area contributed by atoms with Crippen LogP contribution >= 0.6 is 0 Å². The molecule has 2 heterocycles. The van der Waals surface area contributed by atoms with Crippen LogP contribution in [-0.2, 0) is 4.74 Å². The first-order chi connectivity index (χ1) is 9.22. The second-order valence-electron chi connectivity index (χ2n) is 6.23. The predicted molar refractivity (Wildman–Crippen MR) is 79.3 cm³/mol. The summed E-state index contributed by atoms with van der Waals surface area (Å²) in [6, 6.07) is 2.13. The monoisotopic (exact) mass is 269 g/mol. The van der Waals surface area contributed by atoms with E-state index in [1.54, 1.807) is 0 Å². The molecule has 0 unspecified atom stereocenters. The normalized spacial score (nSPS) is 24.5. The molecule has 0 atom stereocenters. The zero-order valence-electron chi connectivity index (χ0n) is 12.7. The van der Waals surface area contributed by atoms with Crippen molar-refractivity contribution in [1.82, 2.24) is 9.80 Å². The van der Waals surface area contributed by atoms with Gasteiger partial charge in [-0.15, -0.1) is 0 Å². The van der Waals surface area contributed by atoms with Crippen LogP contribution in [0.25, 0.3) is 0 Å². The zero-order valence-corrected chi connectivity index (χ0v) is 12.7. The molecule has 4 nitrogen and oxygen atoms in total. The van der Waals surface area contributed by atoms with Crippen molar-refractivity contribution in [3.05, 3.63) is 0 Å². The first kappa shape index (κ1) is 15.2. The van der Waals surface area contributed by atoms with E-state index >= 15 is 0 Å². The van der Waals surface area contributed by atoms with Crippen LogP contribution in [0.4, 0.5) is 0 Å². The number of piperidine rings is 1. The molecule has 2 aliphatic heterocycles. The zero-order chi connectivity index (χ0) is 13.7. The van der Waals surface area contributed by atoms with Crippen molar-refractivity contribution in [2.45, 2.75) is 57.7 Å². The first-order valence-electron chi connectivity index (χ1n) is 8.00. The van der Waals surface area contributed by atoms with Crippen LogP contribution in [0.5, 0.6) is 0 Å². The van der Waals surface area contributed by atoms with Gasteiger partial charge < -0.3 is 15.4 Å². The van der Waals surface area contributed by atoms with Crippen LogP contribution in [0.3, 0.4) is 0 Å². The molecule has 0 amide bonds. The summed E-state index contributed by atoms with van der Waals surface area (Å²) < 4.78 is 5.50. The topological polar surface area (TPSA) is 41.7 Å². The number of nitrogens with two attached hydrogens (primary N) is 1. The maximum absolute atomic E-state index is 5.83. The third-order valence-electron chi connectivity index (χ3n) is 4.75. The number of hydrogen-bond donors (Lipinski definition) is 1. The molecule has 2 N–H and O–H groups in total. The third kappa shape index (κ3) is 4.15. The molecule has 19 heavy (non-hydrogen) atoms.